The molecule has 0 aliphatic carbocycles. The van der Waals surface area contributed by atoms with Crippen LogP contribution in [0.4, 0.5) is 0 Å². The fourth-order valence-corrected chi connectivity index (χ4v) is 2.07. The number of hydrogen-bond acceptors (Lipinski definition) is 3. The van der Waals surface area contributed by atoms with Gasteiger partial charge in [0.1, 0.15) is 5.75 Å². The molecule has 4 nitrogen and oxygen atoms in total. The van der Waals surface area contributed by atoms with Crippen molar-refractivity contribution in [2.75, 3.05) is 13.7 Å². The average Bonchev–Trinajstić information content (AvgIpc) is 2.91. The van der Waals surface area contributed by atoms with Crippen molar-refractivity contribution < 1.29 is 4.74 Å². The Bertz CT molecular complexity index is 468. The van der Waals surface area contributed by atoms with Crippen molar-refractivity contribution in [2.45, 2.75) is 19.5 Å². The van der Waals surface area contributed by atoms with Crippen LogP contribution in [-0.2, 0) is 6.54 Å². The zero-order valence-corrected chi connectivity index (χ0v) is 10.8. The number of aromatic nitrogens is 2. The third-order valence-electron chi connectivity index (χ3n) is 2.89. The van der Waals surface area contributed by atoms with Crippen LogP contribution < -0.4 is 10.1 Å². The van der Waals surface area contributed by atoms with E-state index in [1.54, 1.807) is 13.3 Å². The Morgan fingerprint density at radius 2 is 2.17 bits per heavy atom. The topological polar surface area (TPSA) is 39.1 Å². The van der Waals surface area contributed by atoms with E-state index in [2.05, 4.69) is 23.4 Å². The molecular weight excluding hydrogens is 226 g/mol. The van der Waals surface area contributed by atoms with Gasteiger partial charge < -0.3 is 10.1 Å². The number of rotatable bonds is 6. The molecule has 1 atom stereocenters. The van der Waals surface area contributed by atoms with Crippen LogP contribution in [0, 0.1) is 0 Å². The molecule has 0 bridgehead atoms. The molecule has 1 unspecified atom stereocenters. The van der Waals surface area contributed by atoms with Gasteiger partial charge in [0.15, 0.2) is 0 Å². The van der Waals surface area contributed by atoms with Crippen LogP contribution in [0.3, 0.4) is 0 Å². The van der Waals surface area contributed by atoms with Crippen molar-refractivity contribution in [3.63, 3.8) is 0 Å². The maximum Gasteiger partial charge on any atom is 0.123 e. The summed E-state index contributed by atoms with van der Waals surface area (Å²) in [6.45, 7) is 3.80. The second-order valence-electron chi connectivity index (χ2n) is 4.08. The first-order chi connectivity index (χ1) is 8.85. The highest BCUT2D eigenvalue weighted by molar-refractivity contribution is 5.35. The molecule has 0 radical (unpaired) electrons. The summed E-state index contributed by atoms with van der Waals surface area (Å²) in [5.74, 6) is 0.913. The van der Waals surface area contributed by atoms with E-state index in [9.17, 15) is 0 Å². The molecule has 96 valence electrons. The number of benzene rings is 1. The molecule has 0 saturated carbocycles. The second-order valence-corrected chi connectivity index (χ2v) is 4.08. The molecule has 4 heteroatoms. The van der Waals surface area contributed by atoms with Crippen LogP contribution in [0.15, 0.2) is 42.7 Å². The van der Waals surface area contributed by atoms with Crippen LogP contribution >= 0.6 is 0 Å². The van der Waals surface area contributed by atoms with Gasteiger partial charge in [-0.2, -0.15) is 5.10 Å². The lowest BCUT2D eigenvalue weighted by Gasteiger charge is -2.20. The summed E-state index contributed by atoms with van der Waals surface area (Å²) in [6, 6.07) is 10.2. The monoisotopic (exact) mass is 245 g/mol. The summed E-state index contributed by atoms with van der Waals surface area (Å²) in [5, 5.41) is 7.73. The summed E-state index contributed by atoms with van der Waals surface area (Å²) >= 11 is 0. The van der Waals surface area contributed by atoms with Crippen LogP contribution in [0.1, 0.15) is 18.5 Å². The van der Waals surface area contributed by atoms with Gasteiger partial charge in [0.25, 0.3) is 0 Å². The number of hydrogen-bond donors (Lipinski definition) is 1. The second kappa shape index (κ2) is 6.21. The Balaban J connectivity index is 2.23. The van der Waals surface area contributed by atoms with Crippen molar-refractivity contribution in [1.82, 2.24) is 15.1 Å². The van der Waals surface area contributed by atoms with Gasteiger partial charge in [-0.1, -0.05) is 25.1 Å². The zero-order chi connectivity index (χ0) is 12.8. The lowest BCUT2D eigenvalue weighted by Crippen LogP contribution is -2.26. The molecular formula is C14H19N3O. The highest BCUT2D eigenvalue weighted by Gasteiger charge is 2.15. The van der Waals surface area contributed by atoms with E-state index >= 15 is 0 Å². The number of methoxy groups -OCH3 is 1. The van der Waals surface area contributed by atoms with Gasteiger partial charge in [-0.15, -0.1) is 0 Å². The Hall–Kier alpha value is -1.81. The van der Waals surface area contributed by atoms with E-state index in [0.29, 0.717) is 0 Å². The van der Waals surface area contributed by atoms with Gasteiger partial charge in [0.05, 0.1) is 19.7 Å². The number of ether oxygens (including phenoxy) is 1. The highest BCUT2D eigenvalue weighted by Crippen LogP contribution is 2.25. The number of nitrogens with zero attached hydrogens (tertiary/aromatic N) is 2. The third-order valence-corrected chi connectivity index (χ3v) is 2.89. The first-order valence-corrected chi connectivity index (χ1v) is 6.19. The Morgan fingerprint density at radius 3 is 2.83 bits per heavy atom. The van der Waals surface area contributed by atoms with E-state index in [4.69, 9.17) is 4.74 Å². The number of likely N-dealkylation sites (N-methyl/N-ethyl adjacent to an activating group) is 1. The normalized spacial score (nSPS) is 12.3. The highest BCUT2D eigenvalue weighted by atomic mass is 16.5. The van der Waals surface area contributed by atoms with Crippen LogP contribution in [0.2, 0.25) is 0 Å². The van der Waals surface area contributed by atoms with Crippen molar-refractivity contribution in [3.05, 3.63) is 48.3 Å². The van der Waals surface area contributed by atoms with Crippen molar-refractivity contribution >= 4 is 0 Å². The summed E-state index contributed by atoms with van der Waals surface area (Å²) < 4.78 is 7.35. The molecule has 1 N–H and O–H groups in total. The molecule has 2 rings (SSSR count). The summed E-state index contributed by atoms with van der Waals surface area (Å²) in [7, 11) is 1.70. The first kappa shape index (κ1) is 12.6. The molecule has 0 aliphatic rings. The van der Waals surface area contributed by atoms with Crippen LogP contribution in [0.5, 0.6) is 5.75 Å². The Labute approximate surface area is 108 Å². The minimum absolute atomic E-state index is 0.200. The predicted molar refractivity (Wildman–Crippen MR) is 71.6 cm³/mol. The maximum absolute atomic E-state index is 5.42. The molecule has 0 fully saturated rings. The predicted octanol–water partition coefficient (Wildman–Crippen LogP) is 2.24. The largest absolute Gasteiger partial charge is 0.496 e. The Kier molecular flexibility index (Phi) is 4.36. The summed E-state index contributed by atoms with van der Waals surface area (Å²) in [5.41, 5.74) is 1.16. The van der Waals surface area contributed by atoms with Crippen molar-refractivity contribution in [3.8, 4) is 5.75 Å². The SMILES string of the molecule is CCNC(Cn1cccn1)c1ccccc1OC. The molecule has 0 amide bonds. The maximum atomic E-state index is 5.42. The number of para-hydroxylation sites is 1. The molecule has 18 heavy (non-hydrogen) atoms. The zero-order valence-electron chi connectivity index (χ0n) is 10.8. The molecule has 1 heterocycles. The van der Waals surface area contributed by atoms with Gasteiger partial charge in [-0.3, -0.25) is 4.68 Å². The van der Waals surface area contributed by atoms with Gasteiger partial charge in [-0.05, 0) is 18.7 Å². The molecule has 0 spiro atoms. The Morgan fingerprint density at radius 1 is 1.33 bits per heavy atom. The van der Waals surface area contributed by atoms with Crippen molar-refractivity contribution in [2.24, 2.45) is 0 Å². The third kappa shape index (κ3) is 2.90. The molecule has 1 aromatic carbocycles. The fourth-order valence-electron chi connectivity index (χ4n) is 2.07. The van der Waals surface area contributed by atoms with E-state index in [-0.39, 0.29) is 6.04 Å². The van der Waals surface area contributed by atoms with Gasteiger partial charge >= 0.3 is 0 Å². The fraction of sp³-hybridized carbons (Fsp3) is 0.357. The number of nitrogens with one attached hydrogen (secondary N) is 1. The molecule has 0 saturated heterocycles. The van der Waals surface area contributed by atoms with Gasteiger partial charge in [0, 0.05) is 18.0 Å². The van der Waals surface area contributed by atoms with E-state index in [0.717, 1.165) is 24.4 Å². The van der Waals surface area contributed by atoms with Gasteiger partial charge in [-0.25, -0.2) is 0 Å². The van der Waals surface area contributed by atoms with Crippen molar-refractivity contribution in [1.29, 1.82) is 0 Å². The van der Waals surface area contributed by atoms with E-state index < -0.39 is 0 Å². The molecule has 1 aromatic heterocycles. The lowest BCUT2D eigenvalue weighted by molar-refractivity contribution is 0.386. The standard InChI is InChI=1S/C14H19N3O/c1-3-15-13(11-17-10-6-9-16-17)12-7-4-5-8-14(12)18-2/h4-10,13,15H,3,11H2,1-2H3. The van der Waals surface area contributed by atoms with Crippen LogP contribution in [0.25, 0.3) is 0 Å². The molecule has 0 aliphatic heterocycles. The summed E-state index contributed by atoms with van der Waals surface area (Å²) in [4.78, 5) is 0. The van der Waals surface area contributed by atoms with Gasteiger partial charge in [0.2, 0.25) is 0 Å². The average molecular weight is 245 g/mol. The first-order valence-electron chi connectivity index (χ1n) is 6.19. The lowest BCUT2D eigenvalue weighted by atomic mass is 10.1. The smallest absolute Gasteiger partial charge is 0.123 e. The minimum Gasteiger partial charge on any atom is -0.496 e. The van der Waals surface area contributed by atoms with Crippen LogP contribution in [-0.4, -0.2) is 23.4 Å². The quantitative estimate of drug-likeness (QED) is 0.848. The van der Waals surface area contributed by atoms with E-state index in [1.165, 1.54) is 0 Å². The van der Waals surface area contributed by atoms with E-state index in [1.807, 2.05) is 35.1 Å². The molecule has 2 aromatic rings. The summed E-state index contributed by atoms with van der Waals surface area (Å²) in [6.07, 6.45) is 3.77. The minimum atomic E-state index is 0.200.